The number of benzene rings is 2. The molecule has 3 rings (SSSR count). The van der Waals surface area contributed by atoms with Crippen molar-refractivity contribution in [2.75, 3.05) is 18.2 Å². The number of nitrogens with two attached hydrogens (primary N) is 1. The van der Waals surface area contributed by atoms with Crippen LogP contribution in [-0.4, -0.2) is 17.1 Å². The molecule has 3 aromatic rings. The van der Waals surface area contributed by atoms with E-state index in [4.69, 9.17) is 22.1 Å². The molecule has 0 aliphatic rings. The standard InChI is InChI=1S/C18H17ClN4O/c1-11-7-17(23-18(20)21-11)22-15-9-13(8-14(19)10-15)12-3-5-16(24-2)6-4-12/h3-10H,1-2H3,(H3,20,21,22,23). The number of aryl methyl sites for hydroxylation is 1. The van der Waals surface area contributed by atoms with E-state index < -0.39 is 0 Å². The fourth-order valence-electron chi connectivity index (χ4n) is 2.42. The first-order valence-electron chi connectivity index (χ1n) is 7.37. The fraction of sp³-hybridized carbons (Fsp3) is 0.111. The second-order valence-electron chi connectivity index (χ2n) is 5.33. The zero-order valence-corrected chi connectivity index (χ0v) is 14.1. The molecular formula is C18H17ClN4O. The van der Waals surface area contributed by atoms with Gasteiger partial charge in [0, 0.05) is 22.5 Å². The summed E-state index contributed by atoms with van der Waals surface area (Å²) >= 11 is 6.27. The van der Waals surface area contributed by atoms with Crippen molar-refractivity contribution < 1.29 is 4.74 Å². The van der Waals surface area contributed by atoms with Crippen LogP contribution >= 0.6 is 11.6 Å². The monoisotopic (exact) mass is 340 g/mol. The molecule has 0 bridgehead atoms. The molecule has 0 spiro atoms. The topological polar surface area (TPSA) is 73.1 Å². The Bertz CT molecular complexity index is 845. The number of hydrogen-bond acceptors (Lipinski definition) is 5. The van der Waals surface area contributed by atoms with Crippen LogP contribution in [0.3, 0.4) is 0 Å². The van der Waals surface area contributed by atoms with Gasteiger partial charge in [0.2, 0.25) is 5.95 Å². The maximum atomic E-state index is 6.27. The molecule has 0 atom stereocenters. The summed E-state index contributed by atoms with van der Waals surface area (Å²) in [5, 5.41) is 3.85. The van der Waals surface area contributed by atoms with Crippen molar-refractivity contribution in [3.05, 3.63) is 59.2 Å². The maximum absolute atomic E-state index is 6.27. The van der Waals surface area contributed by atoms with Gasteiger partial charge >= 0.3 is 0 Å². The van der Waals surface area contributed by atoms with Crippen LogP contribution in [0.4, 0.5) is 17.5 Å². The summed E-state index contributed by atoms with van der Waals surface area (Å²) < 4.78 is 5.19. The van der Waals surface area contributed by atoms with Crippen molar-refractivity contribution in [3.63, 3.8) is 0 Å². The molecule has 3 N–H and O–H groups in total. The predicted octanol–water partition coefficient (Wildman–Crippen LogP) is 4.44. The average molecular weight is 341 g/mol. The number of rotatable bonds is 4. The van der Waals surface area contributed by atoms with Crippen molar-refractivity contribution in [2.24, 2.45) is 0 Å². The van der Waals surface area contributed by atoms with Gasteiger partial charge in [0.15, 0.2) is 0 Å². The molecule has 122 valence electrons. The molecule has 1 heterocycles. The zero-order valence-electron chi connectivity index (χ0n) is 13.4. The summed E-state index contributed by atoms with van der Waals surface area (Å²) in [5.41, 5.74) is 9.34. The van der Waals surface area contributed by atoms with Gasteiger partial charge in [-0.1, -0.05) is 23.7 Å². The molecule has 0 aliphatic carbocycles. The van der Waals surface area contributed by atoms with E-state index in [1.165, 1.54) is 0 Å². The lowest BCUT2D eigenvalue weighted by Gasteiger charge is -2.10. The van der Waals surface area contributed by atoms with Gasteiger partial charge in [-0.25, -0.2) is 4.98 Å². The molecule has 2 aromatic carbocycles. The van der Waals surface area contributed by atoms with E-state index in [9.17, 15) is 0 Å². The van der Waals surface area contributed by atoms with Crippen LogP contribution < -0.4 is 15.8 Å². The van der Waals surface area contributed by atoms with E-state index in [0.717, 1.165) is 28.3 Å². The highest BCUT2D eigenvalue weighted by Gasteiger charge is 2.05. The Morgan fingerprint density at radius 2 is 1.75 bits per heavy atom. The Morgan fingerprint density at radius 1 is 1.00 bits per heavy atom. The highest BCUT2D eigenvalue weighted by molar-refractivity contribution is 6.31. The van der Waals surface area contributed by atoms with E-state index in [0.29, 0.717) is 10.8 Å². The number of ether oxygens (including phenoxy) is 1. The Kier molecular flexibility index (Phi) is 4.53. The minimum Gasteiger partial charge on any atom is -0.497 e. The third-order valence-electron chi connectivity index (χ3n) is 3.47. The third kappa shape index (κ3) is 3.75. The van der Waals surface area contributed by atoms with Crippen LogP contribution in [0.15, 0.2) is 48.5 Å². The van der Waals surface area contributed by atoms with Gasteiger partial charge in [0.05, 0.1) is 7.11 Å². The van der Waals surface area contributed by atoms with Crippen LogP contribution in [0, 0.1) is 6.92 Å². The maximum Gasteiger partial charge on any atom is 0.222 e. The molecule has 24 heavy (non-hydrogen) atoms. The molecule has 0 amide bonds. The van der Waals surface area contributed by atoms with Crippen molar-refractivity contribution in [2.45, 2.75) is 6.92 Å². The van der Waals surface area contributed by atoms with Crippen LogP contribution in [0.2, 0.25) is 5.02 Å². The van der Waals surface area contributed by atoms with Gasteiger partial charge in [0.1, 0.15) is 11.6 Å². The summed E-state index contributed by atoms with van der Waals surface area (Å²) in [6, 6.07) is 15.4. The lowest BCUT2D eigenvalue weighted by molar-refractivity contribution is 0.415. The van der Waals surface area contributed by atoms with Crippen molar-refractivity contribution >= 4 is 29.1 Å². The molecule has 0 saturated heterocycles. The molecular weight excluding hydrogens is 324 g/mol. The van der Waals surface area contributed by atoms with E-state index in [2.05, 4.69) is 15.3 Å². The minimum absolute atomic E-state index is 0.231. The third-order valence-corrected chi connectivity index (χ3v) is 3.68. The van der Waals surface area contributed by atoms with Crippen LogP contribution in [0.5, 0.6) is 5.75 Å². The fourth-order valence-corrected chi connectivity index (χ4v) is 2.65. The minimum atomic E-state index is 0.231. The van der Waals surface area contributed by atoms with Gasteiger partial charge < -0.3 is 15.8 Å². The number of hydrogen-bond donors (Lipinski definition) is 2. The Labute approximate surface area is 145 Å². The summed E-state index contributed by atoms with van der Waals surface area (Å²) in [7, 11) is 1.64. The quantitative estimate of drug-likeness (QED) is 0.734. The molecule has 6 heteroatoms. The molecule has 0 saturated carbocycles. The zero-order chi connectivity index (χ0) is 17.1. The van der Waals surface area contributed by atoms with Crippen LogP contribution in [0.25, 0.3) is 11.1 Å². The van der Waals surface area contributed by atoms with E-state index in [-0.39, 0.29) is 5.95 Å². The number of nitrogens with zero attached hydrogens (tertiary/aromatic N) is 2. The van der Waals surface area contributed by atoms with E-state index >= 15 is 0 Å². The van der Waals surface area contributed by atoms with Crippen molar-refractivity contribution in [3.8, 4) is 16.9 Å². The van der Waals surface area contributed by atoms with E-state index in [1.54, 1.807) is 7.11 Å². The number of methoxy groups -OCH3 is 1. The highest BCUT2D eigenvalue weighted by atomic mass is 35.5. The smallest absolute Gasteiger partial charge is 0.222 e. The highest BCUT2D eigenvalue weighted by Crippen LogP contribution is 2.29. The van der Waals surface area contributed by atoms with Gasteiger partial charge in [-0.05, 0) is 48.4 Å². The largest absolute Gasteiger partial charge is 0.497 e. The van der Waals surface area contributed by atoms with Crippen molar-refractivity contribution in [1.29, 1.82) is 0 Å². The van der Waals surface area contributed by atoms with Gasteiger partial charge in [-0.3, -0.25) is 0 Å². The van der Waals surface area contributed by atoms with Crippen molar-refractivity contribution in [1.82, 2.24) is 9.97 Å². The number of aromatic nitrogens is 2. The second-order valence-corrected chi connectivity index (χ2v) is 5.77. The first kappa shape index (κ1) is 16.1. The first-order chi connectivity index (χ1) is 11.5. The number of anilines is 3. The van der Waals surface area contributed by atoms with Gasteiger partial charge in [0.25, 0.3) is 0 Å². The second kappa shape index (κ2) is 6.76. The lowest BCUT2D eigenvalue weighted by Crippen LogP contribution is -2.01. The predicted molar refractivity (Wildman–Crippen MR) is 97.9 cm³/mol. The normalized spacial score (nSPS) is 10.5. The lowest BCUT2D eigenvalue weighted by atomic mass is 10.0. The Morgan fingerprint density at radius 3 is 2.42 bits per heavy atom. The SMILES string of the molecule is COc1ccc(-c2cc(Cl)cc(Nc3cc(C)nc(N)n3)c2)cc1. The Balaban J connectivity index is 1.93. The van der Waals surface area contributed by atoms with Gasteiger partial charge in [-0.15, -0.1) is 0 Å². The summed E-state index contributed by atoms with van der Waals surface area (Å²) in [4.78, 5) is 8.24. The summed E-state index contributed by atoms with van der Waals surface area (Å²) in [5.74, 6) is 1.67. The number of nitrogen functional groups attached to an aromatic ring is 1. The van der Waals surface area contributed by atoms with Crippen LogP contribution in [0.1, 0.15) is 5.69 Å². The average Bonchev–Trinajstić information content (AvgIpc) is 2.53. The summed E-state index contributed by atoms with van der Waals surface area (Å²) in [6.07, 6.45) is 0. The Hall–Kier alpha value is -2.79. The molecule has 5 nitrogen and oxygen atoms in total. The van der Waals surface area contributed by atoms with Gasteiger partial charge in [-0.2, -0.15) is 4.98 Å². The molecule has 1 aromatic heterocycles. The number of nitrogens with one attached hydrogen (secondary N) is 1. The summed E-state index contributed by atoms with van der Waals surface area (Å²) in [6.45, 7) is 1.87. The van der Waals surface area contributed by atoms with E-state index in [1.807, 2.05) is 55.5 Å². The molecule has 0 unspecified atom stereocenters. The first-order valence-corrected chi connectivity index (χ1v) is 7.74. The molecule has 0 radical (unpaired) electrons. The molecule has 0 fully saturated rings. The molecule has 0 aliphatic heterocycles. The number of halogens is 1. The van der Waals surface area contributed by atoms with Crippen LogP contribution in [-0.2, 0) is 0 Å².